The maximum atomic E-state index is 14.5. The maximum Gasteiger partial charge on any atom is 0.339 e. The molecule has 0 saturated carbocycles. The second-order valence-corrected chi connectivity index (χ2v) is 19.3. The lowest BCUT2D eigenvalue weighted by Crippen LogP contribution is -2.43. The van der Waals surface area contributed by atoms with Gasteiger partial charge in [-0.15, -0.1) is 31.2 Å². The quantitative estimate of drug-likeness (QED) is 0.0514. The number of terminal acetylenes is 1. The van der Waals surface area contributed by atoms with Crippen LogP contribution in [-0.4, -0.2) is 122 Å². The lowest BCUT2D eigenvalue weighted by atomic mass is 9.92. The van der Waals surface area contributed by atoms with Gasteiger partial charge in [0.15, 0.2) is 17.3 Å². The number of carbonyl (C=O) groups is 4. The number of aliphatic carboxylic acids is 1. The molecule has 2 aromatic carbocycles. The van der Waals surface area contributed by atoms with Crippen molar-refractivity contribution in [2.45, 2.75) is 64.9 Å². The largest absolute Gasteiger partial charge is 0.481 e. The van der Waals surface area contributed by atoms with Crippen molar-refractivity contribution in [3.8, 4) is 18.1 Å². The number of carbonyl (C=O) groups excluding carboxylic acids is 3. The Hall–Kier alpha value is -4.61. The Balaban J connectivity index is 0.000000331. The standard InChI is InChI=1S/C18H17FN4O2S.C15H22ClNO2.C8H11Cl2NO.C3H8NO5P/c1-4-5-22-13-7-12(11(19)6-14(13)25-9-16(22)24)20-17-23-10-18(2,3)8-15(23)21-26-17;1-5-13-8-6-7-11(2)15(13)17(14(18)9-16)12(3)10-19-4;1-3-5-11(6-4-2)8(12)7(9)10;5-3(6)1-4-2-10(7,8)9/h1,6-7H,5,8-10H2,2-3H3;6-8,12H,5,9-10H2,1-4H3;3-4,7H,1-2,5-6H2;4H,1-2H2,(H,5,6)(H2,7,8,9). The van der Waals surface area contributed by atoms with E-state index in [-0.39, 0.29) is 53.9 Å². The van der Waals surface area contributed by atoms with Crippen LogP contribution >= 0.6 is 53.9 Å². The molecule has 67 heavy (non-hydrogen) atoms. The molecule has 0 bridgehead atoms. The number of benzene rings is 2. The molecule has 3 aromatic rings. The average molecular weight is 1030 g/mol. The number of hydrogen-bond donors (Lipinski definition) is 4. The summed E-state index contributed by atoms with van der Waals surface area (Å²) in [5, 5.41) is 10.1. The summed E-state index contributed by atoms with van der Waals surface area (Å²) in [6.45, 7) is 19.1. The summed E-state index contributed by atoms with van der Waals surface area (Å²) in [7, 11) is -2.46. The molecule has 0 spiro atoms. The molecule has 1 atom stereocenters. The molecule has 23 heteroatoms. The molecule has 1 aromatic heterocycles. The van der Waals surface area contributed by atoms with Gasteiger partial charge in [-0.3, -0.25) is 34.0 Å². The zero-order valence-electron chi connectivity index (χ0n) is 38.2. The average Bonchev–Trinajstić information content (AvgIpc) is 3.77. The molecule has 368 valence electrons. The zero-order chi connectivity index (χ0) is 50.6. The molecule has 2 aliphatic heterocycles. The highest BCUT2D eigenvalue weighted by atomic mass is 35.5. The number of carboxylic acid groups (broad SMARTS) is 1. The minimum atomic E-state index is -4.10. The van der Waals surface area contributed by atoms with Crippen molar-refractivity contribution >= 4 is 94.7 Å². The molecule has 0 radical (unpaired) electrons. The number of nitrogens with zero attached hydrogens (tertiary/aromatic N) is 6. The molecule has 5 rings (SSSR count). The van der Waals surface area contributed by atoms with E-state index in [9.17, 15) is 28.1 Å². The molecule has 2 aliphatic rings. The third kappa shape index (κ3) is 18.4. The van der Waals surface area contributed by atoms with Crippen LogP contribution in [-0.2, 0) is 47.9 Å². The van der Waals surface area contributed by atoms with Gasteiger partial charge in [0.25, 0.3) is 11.8 Å². The molecular weight excluding hydrogens is 975 g/mol. The Morgan fingerprint density at radius 3 is 2.42 bits per heavy atom. The molecule has 4 N–H and O–H groups in total. The van der Waals surface area contributed by atoms with Gasteiger partial charge in [0.2, 0.25) is 10.7 Å². The van der Waals surface area contributed by atoms with Crippen LogP contribution in [0.3, 0.4) is 0 Å². The summed E-state index contributed by atoms with van der Waals surface area (Å²) in [5.41, 5.74) is 3.89. The van der Waals surface area contributed by atoms with Gasteiger partial charge in [-0.1, -0.05) is 80.2 Å². The Labute approximate surface area is 409 Å². The van der Waals surface area contributed by atoms with Crippen molar-refractivity contribution in [2.75, 3.05) is 68.5 Å². The van der Waals surface area contributed by atoms with Gasteiger partial charge in [-0.05, 0) is 42.9 Å². The minimum absolute atomic E-state index is 0.0223. The summed E-state index contributed by atoms with van der Waals surface area (Å²) in [6.07, 6.45) is 9.71. The number of fused-ring (bicyclic) bond motifs is 2. The fourth-order valence-electron chi connectivity index (χ4n) is 6.58. The number of aromatic nitrogens is 2. The minimum Gasteiger partial charge on any atom is -0.481 e. The molecule has 0 saturated heterocycles. The van der Waals surface area contributed by atoms with Crippen LogP contribution in [0.5, 0.6) is 5.75 Å². The van der Waals surface area contributed by atoms with Gasteiger partial charge < -0.3 is 38.7 Å². The molecule has 3 amide bonds. The Morgan fingerprint density at radius 1 is 1.22 bits per heavy atom. The number of nitrogens with one attached hydrogen (secondary N) is 1. The van der Waals surface area contributed by atoms with E-state index in [1.54, 1.807) is 24.2 Å². The number of hydrogen-bond acceptors (Lipinski definition) is 11. The van der Waals surface area contributed by atoms with Crippen molar-refractivity contribution in [1.29, 1.82) is 0 Å². The molecule has 0 aliphatic carbocycles. The summed E-state index contributed by atoms with van der Waals surface area (Å²) in [6, 6.07) is 8.80. The van der Waals surface area contributed by atoms with Gasteiger partial charge >= 0.3 is 13.6 Å². The highest BCUT2D eigenvalue weighted by Gasteiger charge is 2.32. The highest BCUT2D eigenvalue weighted by molar-refractivity contribution is 7.51. The second-order valence-electron chi connectivity index (χ2n) is 15.6. The van der Waals surface area contributed by atoms with Crippen molar-refractivity contribution in [3.63, 3.8) is 0 Å². The van der Waals surface area contributed by atoms with Crippen molar-refractivity contribution < 1.29 is 52.5 Å². The number of halogens is 4. The number of rotatable bonds is 17. The molecular formula is C44H58Cl3FN7O10PS. The monoisotopic (exact) mass is 1030 g/mol. The molecule has 1 unspecified atom stereocenters. The van der Waals surface area contributed by atoms with Crippen LogP contribution in [0.4, 0.5) is 21.5 Å². The van der Waals surface area contributed by atoms with E-state index in [2.05, 4.69) is 60.6 Å². The van der Waals surface area contributed by atoms with Crippen molar-refractivity contribution in [3.05, 3.63) is 83.2 Å². The number of ether oxygens (including phenoxy) is 2. The van der Waals surface area contributed by atoms with Gasteiger partial charge in [-0.2, -0.15) is 4.37 Å². The Morgan fingerprint density at radius 2 is 1.88 bits per heavy atom. The van der Waals surface area contributed by atoms with Crippen LogP contribution in [0.25, 0.3) is 0 Å². The SMILES string of the molecule is C#CCN1C(=O)COc2cc(F)c(N=c3snc4n3CC(C)(C)C4)cc21.C=CCN(CC=C)C(=O)C(Cl)Cl.CCc1cccc(C)c1N(C(=O)CCl)C(C)COC.O=C(O)CNCP(=O)(O)O. The molecule has 3 heterocycles. The highest BCUT2D eigenvalue weighted by Crippen LogP contribution is 2.38. The van der Waals surface area contributed by atoms with E-state index >= 15 is 0 Å². The van der Waals surface area contributed by atoms with E-state index in [0.717, 1.165) is 42.0 Å². The first-order chi connectivity index (χ1) is 31.5. The van der Waals surface area contributed by atoms with E-state index in [0.29, 0.717) is 35.9 Å². The second kappa shape index (κ2) is 28.0. The number of amides is 3. The number of anilines is 2. The van der Waals surface area contributed by atoms with E-state index < -0.39 is 37.0 Å². The molecule has 17 nitrogen and oxygen atoms in total. The maximum absolute atomic E-state index is 14.5. The van der Waals surface area contributed by atoms with E-state index in [4.69, 9.17) is 65.6 Å². The smallest absolute Gasteiger partial charge is 0.339 e. The lowest BCUT2D eigenvalue weighted by molar-refractivity contribution is -0.136. The van der Waals surface area contributed by atoms with E-state index in [1.165, 1.54) is 33.5 Å². The first-order valence-electron chi connectivity index (χ1n) is 20.5. The lowest BCUT2D eigenvalue weighted by Gasteiger charge is -2.31. The van der Waals surface area contributed by atoms with Crippen LogP contribution in [0.15, 0.2) is 60.6 Å². The van der Waals surface area contributed by atoms with Crippen molar-refractivity contribution in [2.24, 2.45) is 10.4 Å². The third-order valence-electron chi connectivity index (χ3n) is 9.40. The number of alkyl halides is 3. The normalized spacial score (nSPS) is 14.0. The van der Waals surface area contributed by atoms with Crippen LogP contribution < -0.4 is 24.7 Å². The fraction of sp³-hybridized carbons (Fsp3) is 0.455. The predicted molar refractivity (Wildman–Crippen MR) is 261 cm³/mol. The summed E-state index contributed by atoms with van der Waals surface area (Å²) >= 11 is 17.8. The first-order valence-corrected chi connectivity index (χ1v) is 24.5. The summed E-state index contributed by atoms with van der Waals surface area (Å²) < 4.78 is 41.6. The van der Waals surface area contributed by atoms with Crippen LogP contribution in [0, 0.1) is 30.5 Å². The van der Waals surface area contributed by atoms with Gasteiger partial charge in [0.1, 0.15) is 23.1 Å². The number of methoxy groups -OCH3 is 1. The van der Waals surface area contributed by atoms with Gasteiger partial charge in [-0.25, -0.2) is 9.38 Å². The predicted octanol–water partition coefficient (Wildman–Crippen LogP) is 6.21. The van der Waals surface area contributed by atoms with Gasteiger partial charge in [0.05, 0.1) is 43.4 Å². The number of para-hydroxylation sites is 1. The zero-order valence-corrected chi connectivity index (χ0v) is 42.2. The topological polar surface area (TPSA) is 216 Å². The van der Waals surface area contributed by atoms with Gasteiger partial charge in [0, 0.05) is 50.8 Å². The fourth-order valence-corrected chi connectivity index (χ4v) is 8.15. The Kier molecular flexibility index (Phi) is 24.5. The Bertz CT molecular complexity index is 2360. The van der Waals surface area contributed by atoms with Crippen molar-refractivity contribution in [1.82, 2.24) is 19.2 Å². The third-order valence-corrected chi connectivity index (χ3v) is 11.4. The number of carboxylic acids is 1. The van der Waals surface area contributed by atoms with E-state index in [1.807, 2.05) is 30.5 Å². The first kappa shape index (κ1) is 58.5. The van der Waals surface area contributed by atoms with Crippen LogP contribution in [0.2, 0.25) is 0 Å². The number of aryl methyl sites for hydroxylation is 2. The van der Waals surface area contributed by atoms with Crippen LogP contribution in [0.1, 0.15) is 44.6 Å². The molecule has 0 fully saturated rings. The summed E-state index contributed by atoms with van der Waals surface area (Å²) in [5.74, 6) is 1.35. The summed E-state index contributed by atoms with van der Waals surface area (Å²) in [4.78, 5) is 70.3.